The van der Waals surface area contributed by atoms with Crippen LogP contribution in [0.25, 0.3) is 0 Å². The summed E-state index contributed by atoms with van der Waals surface area (Å²) in [5.41, 5.74) is 0.680. The zero-order valence-corrected chi connectivity index (χ0v) is 14.8. The number of carbonyl (C=O) groups excluding carboxylic acids is 2. The molecule has 7 nitrogen and oxygen atoms in total. The first-order valence-corrected chi connectivity index (χ1v) is 8.52. The van der Waals surface area contributed by atoms with Crippen LogP contribution in [-0.4, -0.2) is 76.6 Å². The van der Waals surface area contributed by atoms with Gasteiger partial charge in [0.05, 0.1) is 65.1 Å². The molecule has 1 aliphatic heterocycles. The van der Waals surface area contributed by atoms with E-state index in [1.165, 1.54) is 12.2 Å². The first kappa shape index (κ1) is 19.9. The van der Waals surface area contributed by atoms with Crippen LogP contribution in [0.2, 0.25) is 0 Å². The summed E-state index contributed by atoms with van der Waals surface area (Å²) in [5.74, 6) is -0.437. The third kappa shape index (κ3) is 7.17. The fraction of sp³-hybridized carbons (Fsp3) is 0.667. The van der Waals surface area contributed by atoms with Gasteiger partial charge in [-0.05, 0) is 26.0 Å². The molecule has 1 fully saturated rings. The molecule has 0 amide bonds. The van der Waals surface area contributed by atoms with E-state index < -0.39 is 0 Å². The Bertz CT molecular complexity index is 482. The summed E-state index contributed by atoms with van der Waals surface area (Å²) >= 11 is 0. The van der Waals surface area contributed by atoms with Crippen molar-refractivity contribution in [1.29, 1.82) is 0 Å². The zero-order chi connectivity index (χ0) is 18.1. The predicted octanol–water partition coefficient (Wildman–Crippen LogP) is 0.865. The van der Waals surface area contributed by atoms with E-state index in [1.807, 2.05) is 13.8 Å². The first-order chi connectivity index (χ1) is 12.1. The van der Waals surface area contributed by atoms with Crippen LogP contribution in [0.15, 0.2) is 23.3 Å². The molecule has 2 aliphatic rings. The SMILES string of the molecule is C[C@H]1COCC2=CC(=O)C=C(COC[C@H](C)OCCOCCO1)C2=O. The van der Waals surface area contributed by atoms with Gasteiger partial charge in [-0.25, -0.2) is 0 Å². The predicted molar refractivity (Wildman–Crippen MR) is 89.5 cm³/mol. The summed E-state index contributed by atoms with van der Waals surface area (Å²) in [7, 11) is 0. The van der Waals surface area contributed by atoms with Gasteiger partial charge in [-0.3, -0.25) is 9.59 Å². The van der Waals surface area contributed by atoms with Crippen molar-refractivity contribution in [3.8, 4) is 0 Å². The topological polar surface area (TPSA) is 80.3 Å². The highest BCUT2D eigenvalue weighted by molar-refractivity contribution is 6.20. The number of rotatable bonds is 0. The minimum Gasteiger partial charge on any atom is -0.377 e. The summed E-state index contributed by atoms with van der Waals surface area (Å²) in [4.78, 5) is 24.2. The molecule has 25 heavy (non-hydrogen) atoms. The Morgan fingerprint density at radius 1 is 0.760 bits per heavy atom. The van der Waals surface area contributed by atoms with Crippen LogP contribution in [0, 0.1) is 0 Å². The Labute approximate surface area is 147 Å². The largest absolute Gasteiger partial charge is 0.377 e. The quantitative estimate of drug-likeness (QED) is 0.597. The highest BCUT2D eigenvalue weighted by Gasteiger charge is 2.22. The van der Waals surface area contributed by atoms with Crippen LogP contribution in [0.3, 0.4) is 0 Å². The molecule has 0 aromatic rings. The van der Waals surface area contributed by atoms with E-state index >= 15 is 0 Å². The van der Waals surface area contributed by atoms with Gasteiger partial charge in [-0.1, -0.05) is 0 Å². The van der Waals surface area contributed by atoms with Gasteiger partial charge in [-0.2, -0.15) is 0 Å². The maximum atomic E-state index is 12.4. The van der Waals surface area contributed by atoms with Crippen molar-refractivity contribution in [1.82, 2.24) is 0 Å². The first-order valence-electron chi connectivity index (χ1n) is 8.52. The van der Waals surface area contributed by atoms with Crippen molar-refractivity contribution >= 4 is 11.6 Å². The molecular weight excluding hydrogens is 328 g/mol. The average Bonchev–Trinajstić information content (AvgIpc) is 2.57. The second kappa shape index (κ2) is 10.6. The van der Waals surface area contributed by atoms with Gasteiger partial charge < -0.3 is 23.7 Å². The summed E-state index contributed by atoms with van der Waals surface area (Å²) < 4.78 is 27.6. The van der Waals surface area contributed by atoms with E-state index in [0.717, 1.165) is 0 Å². The molecule has 0 radical (unpaired) electrons. The summed E-state index contributed by atoms with van der Waals surface area (Å²) in [6.07, 6.45) is 2.36. The number of allylic oxidation sites excluding steroid dienone is 2. The lowest BCUT2D eigenvalue weighted by atomic mass is 9.97. The van der Waals surface area contributed by atoms with Crippen molar-refractivity contribution in [2.24, 2.45) is 0 Å². The van der Waals surface area contributed by atoms with Crippen molar-refractivity contribution in [2.75, 3.05) is 52.9 Å². The smallest absolute Gasteiger partial charge is 0.189 e. The van der Waals surface area contributed by atoms with Gasteiger partial charge in [0.15, 0.2) is 11.6 Å². The second-order valence-electron chi connectivity index (χ2n) is 6.08. The molecule has 0 unspecified atom stereocenters. The molecule has 1 aliphatic carbocycles. The second-order valence-corrected chi connectivity index (χ2v) is 6.08. The molecule has 2 atom stereocenters. The molecular formula is C18H26O7. The monoisotopic (exact) mass is 354 g/mol. The Balaban J connectivity index is 1.95. The van der Waals surface area contributed by atoms with Gasteiger partial charge in [0.2, 0.25) is 0 Å². The number of hydrogen-bond acceptors (Lipinski definition) is 7. The molecule has 0 saturated carbocycles. The molecule has 2 rings (SSSR count). The lowest BCUT2D eigenvalue weighted by Gasteiger charge is -2.18. The zero-order valence-electron chi connectivity index (χ0n) is 14.8. The van der Waals surface area contributed by atoms with Crippen LogP contribution in [0.5, 0.6) is 0 Å². The Morgan fingerprint density at radius 2 is 1.24 bits per heavy atom. The number of ether oxygens (including phenoxy) is 5. The molecule has 1 saturated heterocycles. The fourth-order valence-corrected chi connectivity index (χ4v) is 2.42. The van der Waals surface area contributed by atoms with Crippen molar-refractivity contribution in [3.63, 3.8) is 0 Å². The molecule has 2 bridgehead atoms. The van der Waals surface area contributed by atoms with E-state index in [0.29, 0.717) is 50.8 Å². The van der Waals surface area contributed by atoms with E-state index in [-0.39, 0.29) is 37.0 Å². The molecule has 1 heterocycles. The van der Waals surface area contributed by atoms with Crippen LogP contribution in [-0.2, 0) is 33.3 Å². The van der Waals surface area contributed by atoms with Crippen LogP contribution in [0.4, 0.5) is 0 Å². The van der Waals surface area contributed by atoms with Crippen LogP contribution >= 0.6 is 0 Å². The lowest BCUT2D eigenvalue weighted by molar-refractivity contribution is -0.116. The minimum absolute atomic E-state index is 0.0750. The highest BCUT2D eigenvalue weighted by atomic mass is 16.6. The van der Waals surface area contributed by atoms with Crippen molar-refractivity contribution in [2.45, 2.75) is 26.1 Å². The normalized spacial score (nSPS) is 28.6. The van der Waals surface area contributed by atoms with Gasteiger partial charge in [0, 0.05) is 11.1 Å². The molecule has 0 N–H and O–H groups in total. The van der Waals surface area contributed by atoms with Gasteiger partial charge in [-0.15, -0.1) is 0 Å². The van der Waals surface area contributed by atoms with E-state index in [4.69, 9.17) is 23.7 Å². The summed E-state index contributed by atoms with van der Waals surface area (Å²) in [6.45, 7) is 6.43. The van der Waals surface area contributed by atoms with E-state index in [1.54, 1.807) is 0 Å². The molecule has 0 aromatic carbocycles. The average molecular weight is 354 g/mol. The van der Waals surface area contributed by atoms with Crippen LogP contribution < -0.4 is 0 Å². The molecule has 0 aromatic heterocycles. The number of ketones is 2. The third-order valence-corrected chi connectivity index (χ3v) is 3.70. The maximum absolute atomic E-state index is 12.4. The third-order valence-electron chi connectivity index (χ3n) is 3.70. The van der Waals surface area contributed by atoms with Crippen molar-refractivity contribution < 1.29 is 33.3 Å². The number of fused-ring (bicyclic) bond motifs is 2. The van der Waals surface area contributed by atoms with Crippen LogP contribution in [0.1, 0.15) is 13.8 Å². The molecule has 7 heteroatoms. The Morgan fingerprint density at radius 3 is 1.72 bits per heavy atom. The molecule has 0 spiro atoms. The Hall–Kier alpha value is -1.38. The number of carbonyl (C=O) groups is 2. The standard InChI is InChI=1S/C18H26O7/c1-13-9-22-11-15-7-17(19)8-16(18(15)20)12-23-10-14(2)25-6-4-21-3-5-24-13/h7-8,13-14H,3-6,9-12H2,1-2H3/t13-,14-/m0/s1. The number of Topliss-reactive ketones (excluding diaryl/α,β-unsaturated/α-hetero) is 1. The van der Waals surface area contributed by atoms with E-state index in [2.05, 4.69) is 0 Å². The summed E-state index contributed by atoms with van der Waals surface area (Å²) in [6, 6.07) is 0. The fourth-order valence-electron chi connectivity index (χ4n) is 2.42. The highest BCUT2D eigenvalue weighted by Crippen LogP contribution is 2.14. The summed E-state index contributed by atoms with van der Waals surface area (Å²) in [5, 5.41) is 0. The number of hydrogen-bond donors (Lipinski definition) is 0. The van der Waals surface area contributed by atoms with Gasteiger partial charge >= 0.3 is 0 Å². The molecule has 140 valence electrons. The minimum atomic E-state index is -0.225. The maximum Gasteiger partial charge on any atom is 0.189 e. The van der Waals surface area contributed by atoms with E-state index in [9.17, 15) is 9.59 Å². The lowest BCUT2D eigenvalue weighted by Crippen LogP contribution is -2.26. The van der Waals surface area contributed by atoms with Crippen molar-refractivity contribution in [3.05, 3.63) is 23.3 Å². The van der Waals surface area contributed by atoms with Gasteiger partial charge in [0.25, 0.3) is 0 Å². The Kier molecular flexibility index (Phi) is 8.43. The van der Waals surface area contributed by atoms with Gasteiger partial charge in [0.1, 0.15) is 0 Å².